The highest BCUT2D eigenvalue weighted by atomic mass is 19.1. The monoisotopic (exact) mass is 476 g/mol. The normalized spacial score (nSPS) is 11.0. The van der Waals surface area contributed by atoms with Crippen LogP contribution in [0, 0.1) is 5.82 Å². The molecule has 0 saturated heterocycles. The number of carbonyl (C=O) groups excluding carboxylic acids is 1. The van der Waals surface area contributed by atoms with Crippen molar-refractivity contribution in [1.82, 2.24) is 20.0 Å². The minimum atomic E-state index is -0.336. The molecule has 1 N–H and O–H groups in total. The molecule has 0 atom stereocenters. The molecule has 2 aromatic heterocycles. The van der Waals surface area contributed by atoms with Crippen LogP contribution in [0.4, 0.5) is 9.18 Å². The van der Waals surface area contributed by atoms with E-state index in [4.69, 9.17) is 14.3 Å². The van der Waals surface area contributed by atoms with Crippen molar-refractivity contribution >= 4 is 6.03 Å². The van der Waals surface area contributed by atoms with Gasteiger partial charge in [0.05, 0.1) is 36.3 Å². The zero-order valence-electron chi connectivity index (χ0n) is 20.1. The molecule has 0 aliphatic carbocycles. The van der Waals surface area contributed by atoms with E-state index >= 15 is 0 Å². The van der Waals surface area contributed by atoms with Crippen LogP contribution >= 0.6 is 0 Å². The van der Waals surface area contributed by atoms with E-state index in [1.54, 1.807) is 34.0 Å². The lowest BCUT2D eigenvalue weighted by molar-refractivity contribution is 0.184. The Morgan fingerprint density at radius 3 is 2.46 bits per heavy atom. The fraction of sp³-hybridized carbons (Fsp3) is 0.259. The van der Waals surface area contributed by atoms with Crippen LogP contribution in [-0.2, 0) is 19.5 Å². The number of benzene rings is 2. The van der Waals surface area contributed by atoms with Crippen molar-refractivity contribution in [1.29, 1.82) is 0 Å². The molecule has 0 saturated carbocycles. The minimum absolute atomic E-state index is 0.0331. The number of carbonyl (C=O) groups is 1. The summed E-state index contributed by atoms with van der Waals surface area (Å²) in [4.78, 5) is 14.8. The first kappa shape index (κ1) is 24.1. The molecule has 2 aromatic carbocycles. The Morgan fingerprint density at radius 1 is 1.09 bits per heavy atom. The number of nitrogens with one attached hydrogen (secondary N) is 1. The van der Waals surface area contributed by atoms with Gasteiger partial charge in [-0.05, 0) is 68.8 Å². The summed E-state index contributed by atoms with van der Waals surface area (Å²) in [6.45, 7) is 6.35. The Morgan fingerprint density at radius 2 is 1.83 bits per heavy atom. The maximum absolute atomic E-state index is 13.6. The van der Waals surface area contributed by atoms with Gasteiger partial charge in [-0.2, -0.15) is 5.10 Å². The van der Waals surface area contributed by atoms with Gasteiger partial charge in [-0.25, -0.2) is 13.9 Å². The molecule has 0 unspecified atom stereocenters. The van der Waals surface area contributed by atoms with E-state index in [-0.39, 0.29) is 31.0 Å². The molecule has 2 heterocycles. The highest BCUT2D eigenvalue weighted by Crippen LogP contribution is 2.32. The number of rotatable bonds is 9. The molecule has 0 aliphatic heterocycles. The van der Waals surface area contributed by atoms with Gasteiger partial charge in [0.15, 0.2) is 0 Å². The SMILES string of the molecule is CCc1nn(-c2ccc(F)cc2)c(Oc2ccccc2)c1CN(Cc1ccco1)C(=O)NC(C)C. The predicted octanol–water partition coefficient (Wildman–Crippen LogP) is 6.08. The van der Waals surface area contributed by atoms with Crippen molar-refractivity contribution in [2.75, 3.05) is 0 Å². The van der Waals surface area contributed by atoms with Gasteiger partial charge in [-0.15, -0.1) is 0 Å². The third-order valence-electron chi connectivity index (χ3n) is 5.36. The largest absolute Gasteiger partial charge is 0.467 e. The Kier molecular flexibility index (Phi) is 7.50. The smallest absolute Gasteiger partial charge is 0.318 e. The number of amides is 2. The van der Waals surface area contributed by atoms with E-state index in [0.717, 1.165) is 11.3 Å². The van der Waals surface area contributed by atoms with Crippen molar-refractivity contribution < 1.29 is 18.3 Å². The number of hydrogen-bond acceptors (Lipinski definition) is 4. The number of urea groups is 1. The average molecular weight is 477 g/mol. The van der Waals surface area contributed by atoms with Gasteiger partial charge in [0.1, 0.15) is 17.3 Å². The number of aryl methyl sites for hydroxylation is 1. The van der Waals surface area contributed by atoms with Crippen LogP contribution in [0.5, 0.6) is 11.6 Å². The molecule has 8 heteroatoms. The van der Waals surface area contributed by atoms with Crippen LogP contribution in [-0.4, -0.2) is 26.8 Å². The minimum Gasteiger partial charge on any atom is -0.467 e. The lowest BCUT2D eigenvalue weighted by Crippen LogP contribution is -2.42. The number of furan rings is 1. The Labute approximate surface area is 204 Å². The number of para-hydroxylation sites is 1. The summed E-state index contributed by atoms with van der Waals surface area (Å²) in [6, 6.07) is 18.8. The fourth-order valence-electron chi connectivity index (χ4n) is 3.70. The van der Waals surface area contributed by atoms with Crippen molar-refractivity contribution in [3.05, 3.63) is 95.8 Å². The molecular formula is C27H29FN4O3. The predicted molar refractivity (Wildman–Crippen MR) is 131 cm³/mol. The molecule has 4 rings (SSSR count). The molecule has 182 valence electrons. The highest BCUT2D eigenvalue weighted by molar-refractivity contribution is 5.74. The van der Waals surface area contributed by atoms with Gasteiger partial charge < -0.3 is 19.4 Å². The molecule has 0 fully saturated rings. The molecule has 0 radical (unpaired) electrons. The lowest BCUT2D eigenvalue weighted by Gasteiger charge is -2.24. The second-order valence-electron chi connectivity index (χ2n) is 8.43. The van der Waals surface area contributed by atoms with Gasteiger partial charge in [0.25, 0.3) is 0 Å². The highest BCUT2D eigenvalue weighted by Gasteiger charge is 2.25. The maximum atomic E-state index is 13.6. The van der Waals surface area contributed by atoms with Crippen LogP contribution in [0.15, 0.2) is 77.4 Å². The van der Waals surface area contributed by atoms with E-state index in [1.165, 1.54) is 12.1 Å². The van der Waals surface area contributed by atoms with Crippen LogP contribution < -0.4 is 10.1 Å². The fourth-order valence-corrected chi connectivity index (χ4v) is 3.70. The summed E-state index contributed by atoms with van der Waals surface area (Å²) in [6.07, 6.45) is 2.21. The van der Waals surface area contributed by atoms with Crippen LogP contribution in [0.1, 0.15) is 37.8 Å². The Bertz CT molecular complexity index is 1240. The number of halogens is 1. The summed E-state index contributed by atoms with van der Waals surface area (Å²) in [7, 11) is 0. The first-order valence-corrected chi connectivity index (χ1v) is 11.6. The van der Waals surface area contributed by atoms with Crippen molar-refractivity contribution in [2.45, 2.75) is 46.3 Å². The molecular weight excluding hydrogens is 447 g/mol. The second kappa shape index (κ2) is 10.9. The Hall–Kier alpha value is -4.07. The van der Waals surface area contributed by atoms with Crippen molar-refractivity contribution in [3.8, 4) is 17.3 Å². The van der Waals surface area contributed by atoms with E-state index in [9.17, 15) is 9.18 Å². The molecule has 7 nitrogen and oxygen atoms in total. The third kappa shape index (κ3) is 5.90. The zero-order chi connectivity index (χ0) is 24.8. The van der Waals surface area contributed by atoms with E-state index in [1.807, 2.05) is 57.2 Å². The van der Waals surface area contributed by atoms with Gasteiger partial charge in [0.2, 0.25) is 5.88 Å². The number of aromatic nitrogens is 2. The standard InChI is InChI=1S/C27H29FN4O3/c1-4-25-24(18-31(27(33)29-19(2)3)17-23-11-8-16-34-23)26(35-22-9-6-5-7-10-22)32(30-25)21-14-12-20(28)13-15-21/h5-16,19H,4,17-18H2,1-3H3,(H,29,33). The summed E-state index contributed by atoms with van der Waals surface area (Å²) < 4.78 is 27.1. The van der Waals surface area contributed by atoms with Crippen LogP contribution in [0.3, 0.4) is 0 Å². The van der Waals surface area contributed by atoms with Crippen LogP contribution in [0.25, 0.3) is 5.69 Å². The molecule has 4 aromatic rings. The number of ether oxygens (including phenoxy) is 1. The van der Waals surface area contributed by atoms with E-state index in [2.05, 4.69) is 5.32 Å². The average Bonchev–Trinajstić information content (AvgIpc) is 3.48. The first-order valence-electron chi connectivity index (χ1n) is 11.6. The molecule has 0 aliphatic rings. The van der Waals surface area contributed by atoms with Gasteiger partial charge in [-0.1, -0.05) is 25.1 Å². The number of nitrogens with zero attached hydrogens (tertiary/aromatic N) is 3. The topological polar surface area (TPSA) is 72.5 Å². The third-order valence-corrected chi connectivity index (χ3v) is 5.36. The van der Waals surface area contributed by atoms with Crippen molar-refractivity contribution in [2.24, 2.45) is 0 Å². The molecule has 0 bridgehead atoms. The van der Waals surface area contributed by atoms with Crippen molar-refractivity contribution in [3.63, 3.8) is 0 Å². The molecule has 35 heavy (non-hydrogen) atoms. The zero-order valence-corrected chi connectivity index (χ0v) is 20.1. The first-order chi connectivity index (χ1) is 16.9. The van der Waals surface area contributed by atoms with Gasteiger partial charge >= 0.3 is 6.03 Å². The van der Waals surface area contributed by atoms with E-state index in [0.29, 0.717) is 29.5 Å². The summed E-state index contributed by atoms with van der Waals surface area (Å²) in [5.41, 5.74) is 2.20. The summed E-state index contributed by atoms with van der Waals surface area (Å²) in [5.74, 6) is 1.43. The second-order valence-corrected chi connectivity index (χ2v) is 8.43. The lowest BCUT2D eigenvalue weighted by atomic mass is 10.2. The van der Waals surface area contributed by atoms with Gasteiger partial charge in [-0.3, -0.25) is 0 Å². The maximum Gasteiger partial charge on any atom is 0.318 e. The Balaban J connectivity index is 1.78. The van der Waals surface area contributed by atoms with Gasteiger partial charge in [0, 0.05) is 6.04 Å². The molecule has 2 amide bonds. The number of hydrogen-bond donors (Lipinski definition) is 1. The van der Waals surface area contributed by atoms with Crippen LogP contribution in [0.2, 0.25) is 0 Å². The molecule has 0 spiro atoms. The van der Waals surface area contributed by atoms with E-state index < -0.39 is 0 Å². The quantitative estimate of drug-likeness (QED) is 0.318. The summed E-state index contributed by atoms with van der Waals surface area (Å²) >= 11 is 0. The summed E-state index contributed by atoms with van der Waals surface area (Å²) in [5, 5.41) is 7.75.